The molecule has 2 unspecified atom stereocenters. The average Bonchev–Trinajstić information content (AvgIpc) is 2.65. The summed E-state index contributed by atoms with van der Waals surface area (Å²) in [5.74, 6) is 0.591. The van der Waals surface area contributed by atoms with Crippen molar-refractivity contribution >= 4 is 22.8 Å². The molecule has 144 valence electrons. The van der Waals surface area contributed by atoms with Gasteiger partial charge in [-0.05, 0) is 16.7 Å². The molecule has 1 aromatic carbocycles. The molecule has 0 saturated heterocycles. The van der Waals surface area contributed by atoms with E-state index in [9.17, 15) is 19.0 Å². The quantitative estimate of drug-likeness (QED) is 0.253. The minimum absolute atomic E-state index is 0.0667. The largest absolute Gasteiger partial charge is 0.556 e. The lowest BCUT2D eigenvalue weighted by molar-refractivity contribution is -0.00675. The monoisotopic (exact) mass is 407 g/mol. The Balaban J connectivity index is 1.97. The fourth-order valence-corrected chi connectivity index (χ4v) is 2.29. The molecule has 0 saturated carbocycles. The van der Waals surface area contributed by atoms with Crippen LogP contribution < -0.4 is 4.74 Å². The molecule has 0 bridgehead atoms. The van der Waals surface area contributed by atoms with Crippen molar-refractivity contribution in [2.45, 2.75) is 5.08 Å². The highest BCUT2D eigenvalue weighted by molar-refractivity contribution is 7.53. The van der Waals surface area contributed by atoms with E-state index in [1.54, 1.807) is 24.3 Å². The van der Waals surface area contributed by atoms with Crippen LogP contribution in [-0.2, 0) is 23.3 Å². The Morgan fingerprint density at radius 2 is 1.69 bits per heavy atom. The second-order valence-electron chi connectivity index (χ2n) is 4.95. The molecule has 1 aromatic rings. The third-order valence-electron chi connectivity index (χ3n) is 2.98. The minimum atomic E-state index is -3.04. The van der Waals surface area contributed by atoms with Gasteiger partial charge in [0.05, 0.1) is 33.0 Å². The fourth-order valence-electron chi connectivity index (χ4n) is 1.66. The van der Waals surface area contributed by atoms with E-state index in [4.69, 9.17) is 23.8 Å². The topological polar surface area (TPSA) is 129 Å². The minimum Gasteiger partial charge on any atom is -0.491 e. The van der Waals surface area contributed by atoms with E-state index in [0.717, 1.165) is 6.29 Å². The molecule has 0 radical (unpaired) electrons. The summed E-state index contributed by atoms with van der Waals surface area (Å²) in [6, 6.07) is 6.79. The van der Waals surface area contributed by atoms with Gasteiger partial charge in [-0.25, -0.2) is 0 Å². The summed E-state index contributed by atoms with van der Waals surface area (Å²) < 4.78 is 42.3. The van der Waals surface area contributed by atoms with Gasteiger partial charge in [0.2, 0.25) is 0 Å². The maximum absolute atomic E-state index is 10.8. The highest BCUT2D eigenvalue weighted by Crippen LogP contribution is 2.41. The van der Waals surface area contributed by atoms with Gasteiger partial charge in [-0.15, -0.1) is 0 Å². The Kier molecular flexibility index (Phi) is 11.3. The first-order valence-electron chi connectivity index (χ1n) is 7.66. The molecule has 0 fully saturated rings. The maximum Gasteiger partial charge on any atom is 0.556 e. The number of aldehydes is 1. The molecule has 2 atom stereocenters. The van der Waals surface area contributed by atoms with E-state index < -0.39 is 28.2 Å². The lowest BCUT2D eigenvalue weighted by Gasteiger charge is -2.09. The molecule has 11 heteroatoms. The van der Waals surface area contributed by atoms with Crippen molar-refractivity contribution in [3.8, 4) is 5.75 Å². The summed E-state index contributed by atoms with van der Waals surface area (Å²) >= 11 is 0. The lowest BCUT2D eigenvalue weighted by atomic mass is 10.2. The summed E-state index contributed by atoms with van der Waals surface area (Å²) in [6.45, 7) is 1.05. The van der Waals surface area contributed by atoms with Gasteiger partial charge in [-0.3, -0.25) is 9.36 Å². The van der Waals surface area contributed by atoms with Crippen LogP contribution in [0.15, 0.2) is 24.3 Å². The van der Waals surface area contributed by atoms with E-state index in [0.29, 0.717) is 37.7 Å². The first-order chi connectivity index (χ1) is 12.5. The predicted molar refractivity (Wildman–Crippen MR) is 92.2 cm³/mol. The maximum atomic E-state index is 10.8. The van der Waals surface area contributed by atoms with Crippen molar-refractivity contribution < 1.29 is 42.9 Å². The third-order valence-corrected chi connectivity index (χ3v) is 4.90. The van der Waals surface area contributed by atoms with Gasteiger partial charge in [0.1, 0.15) is 25.2 Å². The van der Waals surface area contributed by atoms with Gasteiger partial charge in [0, 0.05) is 5.56 Å². The Hall–Kier alpha value is -1.31. The summed E-state index contributed by atoms with van der Waals surface area (Å²) in [6.07, 6.45) is 0.745. The molecule has 0 amide bonds. The first-order valence-corrected chi connectivity index (χ1v) is 9.68. The number of hydrogen-bond donors (Lipinski definition) is 2. The molecule has 0 spiro atoms. The summed E-state index contributed by atoms with van der Waals surface area (Å²) in [5.41, 5.74) is 0.540. The van der Waals surface area contributed by atoms with E-state index >= 15 is 0 Å². The zero-order valence-electron chi connectivity index (χ0n) is 14.0. The van der Waals surface area contributed by atoms with Crippen LogP contribution in [0.2, 0.25) is 0 Å². The molecular weight excluding hydrogens is 386 g/mol. The molecule has 26 heavy (non-hydrogen) atoms. The van der Waals surface area contributed by atoms with Crippen LogP contribution in [0, 0.1) is 0 Å². The predicted octanol–water partition coefficient (Wildman–Crippen LogP) is 1.60. The number of aliphatic hydroxyl groups is 1. The van der Waals surface area contributed by atoms with Gasteiger partial charge in [-0.1, -0.05) is 12.1 Å². The van der Waals surface area contributed by atoms with E-state index in [2.05, 4.69) is 0 Å². The summed E-state index contributed by atoms with van der Waals surface area (Å²) in [7, 11) is -3.91. The average molecular weight is 407 g/mol. The number of carbonyl (C=O) groups excluding carboxylic acids is 1. The molecule has 2 N–H and O–H groups in total. The van der Waals surface area contributed by atoms with Gasteiger partial charge in [0.25, 0.3) is 8.46 Å². The van der Waals surface area contributed by atoms with Crippen LogP contribution >= 0.6 is 16.5 Å². The standard InChI is InChI=1S/C15H20O9P2/c16-11-13-2-1-3-14(10-13)24-9-8-22-5-4-21-6-7-23-12-15(17,25-18)26(19)20/h1-3,10-11,17H,4-9,12H2/p+1. The number of carbonyl (C=O) groups is 1. The second kappa shape index (κ2) is 12.9. The molecule has 1 rings (SSSR count). The smallest absolute Gasteiger partial charge is 0.491 e. The summed E-state index contributed by atoms with van der Waals surface area (Å²) in [4.78, 5) is 19.5. The first kappa shape index (κ1) is 22.7. The fraction of sp³-hybridized carbons (Fsp3) is 0.533. The van der Waals surface area contributed by atoms with E-state index in [1.807, 2.05) is 0 Å². The van der Waals surface area contributed by atoms with Crippen LogP contribution in [-0.4, -0.2) is 67.6 Å². The highest BCUT2D eigenvalue weighted by atomic mass is 31.2. The van der Waals surface area contributed by atoms with E-state index in [-0.39, 0.29) is 13.2 Å². The van der Waals surface area contributed by atoms with Crippen molar-refractivity contribution in [3.05, 3.63) is 29.8 Å². The Bertz CT molecular complexity index is 584. The van der Waals surface area contributed by atoms with Crippen LogP contribution in [0.5, 0.6) is 5.75 Å². The zero-order valence-corrected chi connectivity index (χ0v) is 15.8. The number of rotatable bonds is 15. The van der Waals surface area contributed by atoms with Gasteiger partial charge >= 0.3 is 13.1 Å². The zero-order chi connectivity index (χ0) is 19.3. The van der Waals surface area contributed by atoms with Crippen LogP contribution in [0.1, 0.15) is 10.4 Å². The Labute approximate surface area is 153 Å². The number of benzene rings is 1. The normalized spacial score (nSPS) is 14.0. The SMILES string of the molecule is O=Cc1cccc(OCCOCCOCCOCC(O)(P=O)[P+](=O)O)c1. The Morgan fingerprint density at radius 3 is 2.27 bits per heavy atom. The van der Waals surface area contributed by atoms with Crippen molar-refractivity contribution in [2.75, 3.05) is 46.2 Å². The molecule has 0 aliphatic rings. The van der Waals surface area contributed by atoms with Gasteiger partial charge in [-0.2, -0.15) is 4.89 Å². The van der Waals surface area contributed by atoms with Gasteiger partial charge < -0.3 is 24.1 Å². The lowest BCUT2D eigenvalue weighted by Crippen LogP contribution is -2.24. The van der Waals surface area contributed by atoms with Crippen molar-refractivity contribution in [1.29, 1.82) is 0 Å². The summed E-state index contributed by atoms with van der Waals surface area (Å²) in [5, 5.41) is 7.17. The van der Waals surface area contributed by atoms with Crippen LogP contribution in [0.3, 0.4) is 0 Å². The molecule has 0 aliphatic carbocycles. The van der Waals surface area contributed by atoms with E-state index in [1.165, 1.54) is 0 Å². The highest BCUT2D eigenvalue weighted by Gasteiger charge is 2.50. The van der Waals surface area contributed by atoms with Crippen molar-refractivity contribution in [3.63, 3.8) is 0 Å². The number of ether oxygens (including phenoxy) is 4. The number of hydrogen-bond acceptors (Lipinski definition) is 8. The van der Waals surface area contributed by atoms with Crippen LogP contribution in [0.4, 0.5) is 0 Å². The third kappa shape index (κ3) is 8.87. The Morgan fingerprint density at radius 1 is 1.08 bits per heavy atom. The van der Waals surface area contributed by atoms with Gasteiger partial charge in [0.15, 0.2) is 0 Å². The molecule has 0 aromatic heterocycles. The molecule has 0 aliphatic heterocycles. The second-order valence-corrected chi connectivity index (χ2v) is 7.52. The van der Waals surface area contributed by atoms with Crippen molar-refractivity contribution in [2.24, 2.45) is 0 Å². The molecule has 9 nitrogen and oxygen atoms in total. The van der Waals surface area contributed by atoms with Crippen LogP contribution in [0.25, 0.3) is 0 Å². The molecular formula is C15H21O9P2+. The van der Waals surface area contributed by atoms with Crippen molar-refractivity contribution in [1.82, 2.24) is 0 Å². The molecule has 0 heterocycles.